The van der Waals surface area contributed by atoms with Gasteiger partial charge in [-0.05, 0) is 48.9 Å². The van der Waals surface area contributed by atoms with E-state index in [4.69, 9.17) is 17.3 Å². The predicted molar refractivity (Wildman–Crippen MR) is 116 cm³/mol. The van der Waals surface area contributed by atoms with E-state index in [0.717, 1.165) is 79.4 Å². The Morgan fingerprint density at radius 1 is 1.17 bits per heavy atom. The van der Waals surface area contributed by atoms with Gasteiger partial charge in [-0.3, -0.25) is 4.79 Å². The van der Waals surface area contributed by atoms with Crippen LogP contribution in [0, 0.1) is 6.57 Å². The van der Waals surface area contributed by atoms with Gasteiger partial charge < -0.3 is 16.0 Å². The second-order valence-electron chi connectivity index (χ2n) is 7.41. The van der Waals surface area contributed by atoms with Crippen LogP contribution in [-0.4, -0.2) is 37.1 Å². The summed E-state index contributed by atoms with van der Waals surface area (Å²) in [6.45, 7) is 11.4. The SMILES string of the molecule is [C-]#[N+]c1c(N2CCCNCC2)nc(SC(C(N)=O)c2ccccc2)c2c1CCC2. The summed E-state index contributed by atoms with van der Waals surface area (Å²) in [7, 11) is 0. The van der Waals surface area contributed by atoms with Gasteiger partial charge in [-0.25, -0.2) is 9.83 Å². The van der Waals surface area contributed by atoms with Gasteiger partial charge in [-0.2, -0.15) is 0 Å². The molecule has 29 heavy (non-hydrogen) atoms. The number of fused-ring (bicyclic) bond motifs is 1. The molecule has 0 radical (unpaired) electrons. The van der Waals surface area contributed by atoms with Crippen LogP contribution in [0.15, 0.2) is 35.4 Å². The number of nitrogens with one attached hydrogen (secondary N) is 1. The number of hydrogen-bond donors (Lipinski definition) is 2. The van der Waals surface area contributed by atoms with Crippen LogP contribution in [0.1, 0.15) is 34.8 Å². The van der Waals surface area contributed by atoms with Gasteiger partial charge in [0.2, 0.25) is 11.6 Å². The Balaban J connectivity index is 1.77. The van der Waals surface area contributed by atoms with E-state index in [-0.39, 0.29) is 5.91 Å². The molecule has 0 saturated carbocycles. The predicted octanol–water partition coefficient (Wildman–Crippen LogP) is 3.24. The summed E-state index contributed by atoms with van der Waals surface area (Å²) in [4.78, 5) is 23.3. The molecule has 1 atom stereocenters. The lowest BCUT2D eigenvalue weighted by Crippen LogP contribution is -2.29. The summed E-state index contributed by atoms with van der Waals surface area (Å²) >= 11 is 1.43. The highest BCUT2D eigenvalue weighted by molar-refractivity contribution is 8.00. The molecule has 1 aromatic carbocycles. The van der Waals surface area contributed by atoms with E-state index in [9.17, 15) is 4.79 Å². The Bertz CT molecular complexity index is 932. The molecular formula is C22H25N5OS. The maximum Gasteiger partial charge on any atom is 0.235 e. The van der Waals surface area contributed by atoms with Crippen LogP contribution in [-0.2, 0) is 17.6 Å². The average Bonchev–Trinajstić information content (AvgIpc) is 3.07. The number of nitrogens with zero attached hydrogens (tertiary/aromatic N) is 3. The highest BCUT2D eigenvalue weighted by Gasteiger charge is 2.29. The standard InChI is InChI=1S/C22H25N5OS/c1-24-18-16-9-5-10-17(16)22(26-21(18)27-13-6-11-25-12-14-27)29-19(20(23)28)15-7-3-2-4-8-15/h2-4,7-8,19,25H,5-6,9-14H2,(H2,23,28). The van der Waals surface area contributed by atoms with Gasteiger partial charge in [0.05, 0.1) is 6.57 Å². The number of nitrogens with two attached hydrogens (primary N) is 1. The number of primary amides is 1. The molecular weight excluding hydrogens is 382 g/mol. The summed E-state index contributed by atoms with van der Waals surface area (Å²) in [5, 5.41) is 3.76. The van der Waals surface area contributed by atoms with Crippen molar-refractivity contribution >= 4 is 29.2 Å². The molecule has 1 unspecified atom stereocenters. The van der Waals surface area contributed by atoms with Crippen LogP contribution in [0.4, 0.5) is 11.5 Å². The van der Waals surface area contributed by atoms with Gasteiger partial charge in [0.25, 0.3) is 0 Å². The average molecular weight is 408 g/mol. The van der Waals surface area contributed by atoms with E-state index >= 15 is 0 Å². The molecule has 1 aromatic heterocycles. The highest BCUT2D eigenvalue weighted by Crippen LogP contribution is 2.45. The second kappa shape index (κ2) is 8.85. The first-order valence-electron chi connectivity index (χ1n) is 10.1. The molecule has 2 aromatic rings. The summed E-state index contributed by atoms with van der Waals surface area (Å²) < 4.78 is 0. The lowest BCUT2D eigenvalue weighted by molar-refractivity contribution is -0.117. The topological polar surface area (TPSA) is 75.6 Å². The molecule has 7 heteroatoms. The van der Waals surface area contributed by atoms with E-state index < -0.39 is 5.25 Å². The summed E-state index contributed by atoms with van der Waals surface area (Å²) in [5.41, 5.74) is 9.58. The van der Waals surface area contributed by atoms with Crippen LogP contribution in [0.25, 0.3) is 4.85 Å². The largest absolute Gasteiger partial charge is 0.368 e. The van der Waals surface area contributed by atoms with Gasteiger partial charge in [-0.15, -0.1) is 0 Å². The van der Waals surface area contributed by atoms with Gasteiger partial charge in [-0.1, -0.05) is 42.1 Å². The fraction of sp³-hybridized carbons (Fsp3) is 0.409. The Kier molecular flexibility index (Phi) is 6.02. The third kappa shape index (κ3) is 4.09. The first-order valence-corrected chi connectivity index (χ1v) is 11.0. The van der Waals surface area contributed by atoms with Crippen molar-refractivity contribution in [1.82, 2.24) is 10.3 Å². The molecule has 1 amide bonds. The Morgan fingerprint density at radius 2 is 1.97 bits per heavy atom. The first kappa shape index (κ1) is 19.7. The maximum absolute atomic E-state index is 12.3. The summed E-state index contributed by atoms with van der Waals surface area (Å²) in [6, 6.07) is 9.62. The Labute approximate surface area is 175 Å². The van der Waals surface area contributed by atoms with Crippen molar-refractivity contribution in [3.05, 3.63) is 58.4 Å². The minimum absolute atomic E-state index is 0.371. The van der Waals surface area contributed by atoms with E-state index in [1.165, 1.54) is 11.8 Å². The number of carbonyl (C=O) groups excluding carboxylic acids is 1. The minimum Gasteiger partial charge on any atom is -0.368 e. The van der Waals surface area contributed by atoms with Crippen molar-refractivity contribution in [2.45, 2.75) is 36.0 Å². The monoisotopic (exact) mass is 407 g/mol. The van der Waals surface area contributed by atoms with Gasteiger partial charge in [0, 0.05) is 19.6 Å². The number of anilines is 1. The maximum atomic E-state index is 12.3. The van der Waals surface area contributed by atoms with E-state index in [1.807, 2.05) is 30.3 Å². The zero-order valence-corrected chi connectivity index (χ0v) is 17.2. The van der Waals surface area contributed by atoms with Crippen molar-refractivity contribution in [2.24, 2.45) is 5.73 Å². The molecule has 6 nitrogen and oxygen atoms in total. The lowest BCUT2D eigenvalue weighted by Gasteiger charge is -2.25. The van der Waals surface area contributed by atoms with Crippen molar-refractivity contribution in [1.29, 1.82) is 0 Å². The van der Waals surface area contributed by atoms with E-state index in [0.29, 0.717) is 5.69 Å². The van der Waals surface area contributed by atoms with Gasteiger partial charge in [0.1, 0.15) is 16.1 Å². The van der Waals surface area contributed by atoms with Crippen molar-refractivity contribution < 1.29 is 4.79 Å². The lowest BCUT2D eigenvalue weighted by atomic mass is 10.1. The number of thioether (sulfide) groups is 1. The molecule has 2 aliphatic rings. The van der Waals surface area contributed by atoms with Crippen LogP contribution >= 0.6 is 11.8 Å². The van der Waals surface area contributed by atoms with Crippen LogP contribution in [0.2, 0.25) is 0 Å². The summed E-state index contributed by atoms with van der Waals surface area (Å²) in [5.74, 6) is 0.396. The quantitative estimate of drug-likeness (QED) is 0.588. The number of benzene rings is 1. The van der Waals surface area contributed by atoms with Crippen LogP contribution in [0.3, 0.4) is 0 Å². The van der Waals surface area contributed by atoms with Gasteiger partial charge >= 0.3 is 0 Å². The van der Waals surface area contributed by atoms with Crippen LogP contribution in [0.5, 0.6) is 0 Å². The van der Waals surface area contributed by atoms with E-state index in [2.05, 4.69) is 15.1 Å². The molecule has 2 heterocycles. The smallest absolute Gasteiger partial charge is 0.235 e. The zero-order valence-electron chi connectivity index (χ0n) is 16.4. The number of amides is 1. The number of rotatable bonds is 5. The molecule has 0 bridgehead atoms. The zero-order chi connectivity index (χ0) is 20.2. The molecule has 1 fully saturated rings. The van der Waals surface area contributed by atoms with E-state index in [1.54, 1.807) is 0 Å². The third-order valence-corrected chi connectivity index (χ3v) is 6.82. The third-order valence-electron chi connectivity index (χ3n) is 5.52. The molecule has 1 saturated heterocycles. The van der Waals surface area contributed by atoms with Gasteiger partial charge in [0.15, 0.2) is 0 Å². The fourth-order valence-electron chi connectivity index (χ4n) is 4.12. The normalized spacial score (nSPS) is 17.3. The molecule has 150 valence electrons. The highest BCUT2D eigenvalue weighted by atomic mass is 32.2. The number of hydrogen-bond acceptors (Lipinski definition) is 5. The fourth-order valence-corrected chi connectivity index (χ4v) is 5.25. The number of carbonyl (C=O) groups is 1. The Morgan fingerprint density at radius 3 is 2.72 bits per heavy atom. The number of aromatic nitrogens is 1. The summed E-state index contributed by atoms with van der Waals surface area (Å²) in [6.07, 6.45) is 3.83. The molecule has 3 N–H and O–H groups in total. The minimum atomic E-state index is -0.495. The van der Waals surface area contributed by atoms with Crippen molar-refractivity contribution in [3.8, 4) is 0 Å². The van der Waals surface area contributed by atoms with Crippen molar-refractivity contribution in [3.63, 3.8) is 0 Å². The molecule has 4 rings (SSSR count). The van der Waals surface area contributed by atoms with Crippen LogP contribution < -0.4 is 16.0 Å². The second-order valence-corrected chi connectivity index (χ2v) is 8.51. The Hall–Kier alpha value is -2.56. The molecule has 0 spiro atoms. The molecule has 1 aliphatic heterocycles. The van der Waals surface area contributed by atoms with Crippen molar-refractivity contribution in [2.75, 3.05) is 31.1 Å². The number of pyridine rings is 1. The first-order chi connectivity index (χ1) is 14.2. The molecule has 1 aliphatic carbocycles.